The van der Waals surface area contributed by atoms with Crippen molar-refractivity contribution in [3.8, 4) is 0 Å². The number of hydrogen-bond acceptors (Lipinski definition) is 2. The molecule has 0 aliphatic heterocycles. The Kier molecular flexibility index (Phi) is 4.15. The molecule has 0 bridgehead atoms. The molecule has 0 unspecified atom stereocenters. The lowest BCUT2D eigenvalue weighted by Gasteiger charge is -2.20. The molecule has 1 heterocycles. The van der Waals surface area contributed by atoms with Gasteiger partial charge in [0.15, 0.2) is 0 Å². The number of rotatable bonds is 4. The van der Waals surface area contributed by atoms with Crippen LogP contribution in [0.2, 0.25) is 0 Å². The van der Waals surface area contributed by atoms with Crippen LogP contribution in [0.15, 0.2) is 72.9 Å². The molecule has 0 fully saturated rings. The molecule has 3 N–H and O–H groups in total. The Hall–Kier alpha value is -3.08. The van der Waals surface area contributed by atoms with E-state index < -0.39 is 0 Å². The quantitative estimate of drug-likeness (QED) is 0.690. The third kappa shape index (κ3) is 3.32. The maximum atomic E-state index is 12.2. The molecule has 0 saturated heterocycles. The Morgan fingerprint density at radius 2 is 1.50 bits per heavy atom. The first-order valence-corrected chi connectivity index (χ1v) is 7.00. The van der Waals surface area contributed by atoms with Crippen LogP contribution in [0.4, 0.5) is 10.6 Å². The molecule has 0 aliphatic carbocycles. The van der Waals surface area contributed by atoms with E-state index in [0.29, 0.717) is 5.82 Å². The molecule has 3 aromatic rings. The van der Waals surface area contributed by atoms with Gasteiger partial charge in [-0.05, 0) is 11.1 Å². The van der Waals surface area contributed by atoms with E-state index in [2.05, 4.69) is 20.8 Å². The fourth-order valence-electron chi connectivity index (χ4n) is 2.27. The number of aromatic amines is 1. The zero-order valence-corrected chi connectivity index (χ0v) is 11.9. The van der Waals surface area contributed by atoms with Crippen LogP contribution < -0.4 is 10.6 Å². The topological polar surface area (TPSA) is 69.8 Å². The molecule has 0 atom stereocenters. The van der Waals surface area contributed by atoms with Crippen LogP contribution in [0.1, 0.15) is 17.2 Å². The Morgan fingerprint density at radius 1 is 0.909 bits per heavy atom. The van der Waals surface area contributed by atoms with E-state index in [1.165, 1.54) is 0 Å². The number of amides is 2. The second-order valence-electron chi connectivity index (χ2n) is 4.82. The molecular formula is C17H16N4O. The van der Waals surface area contributed by atoms with Crippen LogP contribution in [-0.4, -0.2) is 16.2 Å². The number of carbonyl (C=O) groups is 1. The summed E-state index contributed by atoms with van der Waals surface area (Å²) < 4.78 is 0. The number of carbonyl (C=O) groups excluding carboxylic acids is 1. The normalized spacial score (nSPS) is 10.4. The number of anilines is 1. The molecule has 0 spiro atoms. The number of hydrogen-bond donors (Lipinski definition) is 3. The van der Waals surface area contributed by atoms with Gasteiger partial charge in [0, 0.05) is 6.07 Å². The summed E-state index contributed by atoms with van der Waals surface area (Å²) in [7, 11) is 0. The van der Waals surface area contributed by atoms with Gasteiger partial charge in [-0.3, -0.25) is 10.4 Å². The molecule has 110 valence electrons. The van der Waals surface area contributed by atoms with Gasteiger partial charge in [0.1, 0.15) is 5.82 Å². The second-order valence-corrected chi connectivity index (χ2v) is 4.82. The molecule has 0 aliphatic rings. The fraction of sp³-hybridized carbons (Fsp3) is 0.0588. The van der Waals surface area contributed by atoms with Gasteiger partial charge >= 0.3 is 6.03 Å². The van der Waals surface area contributed by atoms with Crippen molar-refractivity contribution in [1.29, 1.82) is 0 Å². The Balaban J connectivity index is 1.81. The SMILES string of the molecule is O=C(Nc1ccn[nH]1)NC(c1ccccc1)c1ccccc1. The lowest BCUT2D eigenvalue weighted by atomic mass is 9.99. The molecule has 0 radical (unpaired) electrons. The van der Waals surface area contributed by atoms with Crippen molar-refractivity contribution >= 4 is 11.8 Å². The maximum absolute atomic E-state index is 12.2. The molecule has 2 aromatic carbocycles. The number of H-pyrrole nitrogens is 1. The summed E-state index contributed by atoms with van der Waals surface area (Å²) in [6.07, 6.45) is 1.58. The third-order valence-electron chi connectivity index (χ3n) is 3.29. The van der Waals surface area contributed by atoms with Crippen molar-refractivity contribution in [3.05, 3.63) is 84.1 Å². The van der Waals surface area contributed by atoms with Gasteiger partial charge in [-0.15, -0.1) is 0 Å². The van der Waals surface area contributed by atoms with E-state index in [-0.39, 0.29) is 12.1 Å². The number of urea groups is 1. The molecule has 3 rings (SSSR count). The predicted octanol–water partition coefficient (Wildman–Crippen LogP) is 3.32. The summed E-state index contributed by atoms with van der Waals surface area (Å²) in [4.78, 5) is 12.2. The zero-order chi connectivity index (χ0) is 15.2. The van der Waals surface area contributed by atoms with Crippen molar-refractivity contribution in [1.82, 2.24) is 15.5 Å². The molecule has 0 saturated carbocycles. The standard InChI is InChI=1S/C17H16N4O/c22-17(19-15-11-12-18-21-15)20-16(13-7-3-1-4-8-13)14-9-5-2-6-10-14/h1-12,16H,(H3,18,19,20,21,22). The van der Waals surface area contributed by atoms with Crippen LogP contribution in [0, 0.1) is 0 Å². The predicted molar refractivity (Wildman–Crippen MR) is 85.5 cm³/mol. The Bertz CT molecular complexity index is 671. The van der Waals surface area contributed by atoms with Gasteiger partial charge in [0.2, 0.25) is 0 Å². The molecule has 2 amide bonds. The minimum Gasteiger partial charge on any atom is -0.327 e. The lowest BCUT2D eigenvalue weighted by molar-refractivity contribution is 0.250. The van der Waals surface area contributed by atoms with Gasteiger partial charge in [0.05, 0.1) is 12.2 Å². The van der Waals surface area contributed by atoms with Crippen molar-refractivity contribution in [2.24, 2.45) is 0 Å². The largest absolute Gasteiger partial charge is 0.327 e. The summed E-state index contributed by atoms with van der Waals surface area (Å²) in [5.41, 5.74) is 2.04. The van der Waals surface area contributed by atoms with E-state index >= 15 is 0 Å². The first-order chi connectivity index (χ1) is 10.8. The number of aromatic nitrogens is 2. The highest BCUT2D eigenvalue weighted by molar-refractivity contribution is 5.88. The van der Waals surface area contributed by atoms with Crippen molar-refractivity contribution in [2.75, 3.05) is 5.32 Å². The summed E-state index contributed by atoms with van der Waals surface area (Å²) in [6, 6.07) is 20.9. The average molecular weight is 292 g/mol. The van der Waals surface area contributed by atoms with E-state index in [4.69, 9.17) is 0 Å². The highest BCUT2D eigenvalue weighted by atomic mass is 16.2. The van der Waals surface area contributed by atoms with Crippen LogP contribution in [-0.2, 0) is 0 Å². The van der Waals surface area contributed by atoms with Crippen molar-refractivity contribution in [3.63, 3.8) is 0 Å². The van der Waals surface area contributed by atoms with Gasteiger partial charge in [-0.1, -0.05) is 60.7 Å². The van der Waals surface area contributed by atoms with Crippen molar-refractivity contribution in [2.45, 2.75) is 6.04 Å². The van der Waals surface area contributed by atoms with E-state index in [1.54, 1.807) is 12.3 Å². The Labute approximate surface area is 128 Å². The third-order valence-corrected chi connectivity index (χ3v) is 3.29. The Morgan fingerprint density at radius 3 is 2.00 bits per heavy atom. The molecule has 5 heteroatoms. The van der Waals surface area contributed by atoms with Crippen LogP contribution >= 0.6 is 0 Å². The van der Waals surface area contributed by atoms with E-state index in [9.17, 15) is 4.79 Å². The first-order valence-electron chi connectivity index (χ1n) is 7.00. The van der Waals surface area contributed by atoms with Crippen LogP contribution in [0.5, 0.6) is 0 Å². The smallest absolute Gasteiger partial charge is 0.321 e. The highest BCUT2D eigenvalue weighted by Crippen LogP contribution is 2.21. The fourth-order valence-corrected chi connectivity index (χ4v) is 2.27. The van der Waals surface area contributed by atoms with Gasteiger partial charge in [-0.25, -0.2) is 4.79 Å². The average Bonchev–Trinajstić information content (AvgIpc) is 3.07. The molecule has 22 heavy (non-hydrogen) atoms. The number of benzene rings is 2. The monoisotopic (exact) mass is 292 g/mol. The number of nitrogens with zero attached hydrogens (tertiary/aromatic N) is 1. The van der Waals surface area contributed by atoms with Crippen LogP contribution in [0.25, 0.3) is 0 Å². The number of nitrogens with one attached hydrogen (secondary N) is 3. The van der Waals surface area contributed by atoms with Crippen LogP contribution in [0.3, 0.4) is 0 Å². The molecule has 5 nitrogen and oxygen atoms in total. The van der Waals surface area contributed by atoms with E-state index in [1.807, 2.05) is 60.7 Å². The summed E-state index contributed by atoms with van der Waals surface area (Å²) in [6.45, 7) is 0. The minimum absolute atomic E-state index is 0.217. The second kappa shape index (κ2) is 6.58. The highest BCUT2D eigenvalue weighted by Gasteiger charge is 2.16. The summed E-state index contributed by atoms with van der Waals surface area (Å²) in [5, 5.41) is 12.2. The molecule has 1 aromatic heterocycles. The summed E-state index contributed by atoms with van der Waals surface area (Å²) >= 11 is 0. The minimum atomic E-state index is -0.290. The van der Waals surface area contributed by atoms with Crippen molar-refractivity contribution < 1.29 is 4.79 Å². The van der Waals surface area contributed by atoms with Gasteiger partial charge in [0.25, 0.3) is 0 Å². The van der Waals surface area contributed by atoms with E-state index in [0.717, 1.165) is 11.1 Å². The van der Waals surface area contributed by atoms with Gasteiger partial charge in [-0.2, -0.15) is 5.10 Å². The maximum Gasteiger partial charge on any atom is 0.321 e. The lowest BCUT2D eigenvalue weighted by Crippen LogP contribution is -2.33. The first kappa shape index (κ1) is 13.9. The van der Waals surface area contributed by atoms with Gasteiger partial charge < -0.3 is 5.32 Å². The summed E-state index contributed by atoms with van der Waals surface area (Å²) in [5.74, 6) is 0.553. The molecular weight excluding hydrogens is 276 g/mol. The zero-order valence-electron chi connectivity index (χ0n) is 11.9.